The molecule has 0 fully saturated rings. The third-order valence-electron chi connectivity index (χ3n) is 3.74. The fraction of sp³-hybridized carbons (Fsp3) is 0. The highest BCUT2D eigenvalue weighted by Crippen LogP contribution is 2.34. The number of anilines is 1. The molecule has 0 atom stereocenters. The van der Waals surface area contributed by atoms with E-state index in [4.69, 9.17) is 0 Å². The first-order valence-electron chi connectivity index (χ1n) is 6.71. The van der Waals surface area contributed by atoms with E-state index in [0.29, 0.717) is 27.8 Å². The molecule has 108 valence electrons. The predicted octanol–water partition coefficient (Wildman–Crippen LogP) is 3.94. The fourth-order valence-corrected chi connectivity index (χ4v) is 2.69. The van der Waals surface area contributed by atoms with Gasteiger partial charge in [0.2, 0.25) is 0 Å². The molecule has 0 unspecified atom stereocenters. The van der Waals surface area contributed by atoms with Crippen molar-refractivity contribution in [2.24, 2.45) is 0 Å². The fourth-order valence-electron chi connectivity index (χ4n) is 2.69. The summed E-state index contributed by atoms with van der Waals surface area (Å²) in [7, 11) is 0. The number of amides is 1. The summed E-state index contributed by atoms with van der Waals surface area (Å²) in [5.74, 6) is -1.06. The summed E-state index contributed by atoms with van der Waals surface area (Å²) >= 11 is 0. The molecular weight excluding hydrogens is 286 g/mol. The molecule has 0 bridgehead atoms. The maximum Gasteiger partial charge on any atom is 0.256 e. The van der Waals surface area contributed by atoms with Gasteiger partial charge in [-0.2, -0.15) is 0 Å². The Balaban J connectivity index is 1.91. The molecule has 0 saturated carbocycles. The standard InChI is InChI=1S/C17H10F2N2O/c18-10-1-3-15-12(6-10)9(8-20-15)5-14-13-7-11(19)2-4-16(13)21-17(14)22/h1-8,20H,(H,21,22)/b14-5-. The van der Waals surface area contributed by atoms with Crippen LogP contribution in [0.1, 0.15) is 11.1 Å². The molecule has 2 N–H and O–H groups in total. The third kappa shape index (κ3) is 1.90. The highest BCUT2D eigenvalue weighted by Gasteiger charge is 2.24. The Bertz CT molecular complexity index is 956. The number of hydrogen-bond donors (Lipinski definition) is 2. The number of benzene rings is 2. The number of H-pyrrole nitrogens is 1. The normalized spacial score (nSPS) is 15.4. The highest BCUT2D eigenvalue weighted by molar-refractivity contribution is 6.35. The zero-order chi connectivity index (χ0) is 15.3. The van der Waals surface area contributed by atoms with Crippen molar-refractivity contribution < 1.29 is 13.6 Å². The Morgan fingerprint density at radius 3 is 2.64 bits per heavy atom. The van der Waals surface area contributed by atoms with Gasteiger partial charge in [0, 0.05) is 39.5 Å². The van der Waals surface area contributed by atoms with E-state index in [9.17, 15) is 13.6 Å². The van der Waals surface area contributed by atoms with Gasteiger partial charge in [-0.3, -0.25) is 4.79 Å². The quantitative estimate of drug-likeness (QED) is 0.656. The summed E-state index contributed by atoms with van der Waals surface area (Å²) in [4.78, 5) is 15.1. The third-order valence-corrected chi connectivity index (χ3v) is 3.74. The molecule has 3 aromatic rings. The predicted molar refractivity (Wildman–Crippen MR) is 81.2 cm³/mol. The van der Waals surface area contributed by atoms with Gasteiger partial charge in [-0.1, -0.05) is 0 Å². The van der Waals surface area contributed by atoms with Gasteiger partial charge in [0.1, 0.15) is 11.6 Å². The second kappa shape index (κ2) is 4.53. The van der Waals surface area contributed by atoms with E-state index in [1.165, 1.54) is 30.3 Å². The lowest BCUT2D eigenvalue weighted by Gasteiger charge is -1.98. The lowest BCUT2D eigenvalue weighted by molar-refractivity contribution is -0.110. The highest BCUT2D eigenvalue weighted by atomic mass is 19.1. The molecule has 2 aromatic carbocycles. The van der Waals surface area contributed by atoms with Crippen LogP contribution in [0.15, 0.2) is 42.6 Å². The zero-order valence-corrected chi connectivity index (χ0v) is 11.3. The molecular formula is C17H10F2N2O. The molecule has 0 saturated heterocycles. The molecule has 4 rings (SSSR count). The molecule has 5 heteroatoms. The molecule has 0 spiro atoms. The summed E-state index contributed by atoms with van der Waals surface area (Å²) in [6.45, 7) is 0. The molecule has 0 aliphatic carbocycles. The smallest absolute Gasteiger partial charge is 0.256 e. The number of carbonyl (C=O) groups excluding carboxylic acids is 1. The molecule has 2 heterocycles. The van der Waals surface area contributed by atoms with E-state index in [1.807, 2.05) is 0 Å². The Morgan fingerprint density at radius 1 is 1.00 bits per heavy atom. The van der Waals surface area contributed by atoms with Crippen LogP contribution in [0, 0.1) is 11.6 Å². The van der Waals surface area contributed by atoms with Crippen LogP contribution in [0.2, 0.25) is 0 Å². The van der Waals surface area contributed by atoms with Crippen LogP contribution in [0.25, 0.3) is 22.6 Å². The number of aromatic amines is 1. The second-order valence-corrected chi connectivity index (χ2v) is 5.14. The van der Waals surface area contributed by atoms with Gasteiger partial charge in [0.05, 0.1) is 0 Å². The van der Waals surface area contributed by atoms with Crippen LogP contribution >= 0.6 is 0 Å². The number of rotatable bonds is 1. The Kier molecular flexibility index (Phi) is 2.63. The molecule has 1 aliphatic heterocycles. The number of nitrogens with one attached hydrogen (secondary N) is 2. The van der Waals surface area contributed by atoms with Gasteiger partial charge in [-0.05, 0) is 42.5 Å². The van der Waals surface area contributed by atoms with Gasteiger partial charge in [0.25, 0.3) is 5.91 Å². The average molecular weight is 296 g/mol. The summed E-state index contributed by atoms with van der Waals surface area (Å²) in [6, 6.07) is 8.53. The SMILES string of the molecule is O=C1Nc2ccc(F)cc2/C1=C/c1c[nH]c2ccc(F)cc12. The van der Waals surface area contributed by atoms with E-state index in [2.05, 4.69) is 10.3 Å². The van der Waals surface area contributed by atoms with E-state index < -0.39 is 5.82 Å². The lowest BCUT2D eigenvalue weighted by atomic mass is 10.0. The topological polar surface area (TPSA) is 44.9 Å². The number of fused-ring (bicyclic) bond motifs is 2. The minimum Gasteiger partial charge on any atom is -0.361 e. The molecule has 1 aromatic heterocycles. The minimum atomic E-state index is -0.411. The van der Waals surface area contributed by atoms with Crippen molar-refractivity contribution in [3.05, 3.63) is 65.4 Å². The molecule has 1 amide bonds. The van der Waals surface area contributed by atoms with Crippen molar-refractivity contribution in [3.63, 3.8) is 0 Å². The second-order valence-electron chi connectivity index (χ2n) is 5.14. The van der Waals surface area contributed by atoms with Crippen LogP contribution in [0.5, 0.6) is 0 Å². The number of carbonyl (C=O) groups is 1. The lowest BCUT2D eigenvalue weighted by Crippen LogP contribution is -2.03. The summed E-state index contributed by atoms with van der Waals surface area (Å²) < 4.78 is 26.8. The van der Waals surface area contributed by atoms with Crippen LogP contribution in [-0.4, -0.2) is 10.9 Å². The maximum atomic E-state index is 13.4. The number of halogens is 2. The first-order chi connectivity index (χ1) is 10.6. The summed E-state index contributed by atoms with van der Waals surface area (Å²) in [5.41, 5.74) is 2.89. The van der Waals surface area contributed by atoms with Crippen molar-refractivity contribution in [1.82, 2.24) is 4.98 Å². The van der Waals surface area contributed by atoms with Crippen molar-refractivity contribution in [2.75, 3.05) is 5.32 Å². The van der Waals surface area contributed by atoms with Crippen LogP contribution in [0.3, 0.4) is 0 Å². The maximum absolute atomic E-state index is 13.4. The van der Waals surface area contributed by atoms with E-state index in [-0.39, 0.29) is 11.7 Å². The molecule has 0 radical (unpaired) electrons. The zero-order valence-electron chi connectivity index (χ0n) is 11.3. The van der Waals surface area contributed by atoms with Crippen LogP contribution < -0.4 is 5.32 Å². The van der Waals surface area contributed by atoms with E-state index in [0.717, 1.165) is 5.52 Å². The Hall–Kier alpha value is -2.95. The average Bonchev–Trinajstić information content (AvgIpc) is 3.02. The first kappa shape index (κ1) is 12.8. The van der Waals surface area contributed by atoms with Crippen LogP contribution in [0.4, 0.5) is 14.5 Å². The Labute approximate surface area is 124 Å². The van der Waals surface area contributed by atoms with Gasteiger partial charge in [-0.25, -0.2) is 8.78 Å². The molecule has 3 nitrogen and oxygen atoms in total. The number of hydrogen-bond acceptors (Lipinski definition) is 1. The van der Waals surface area contributed by atoms with Crippen molar-refractivity contribution >= 4 is 34.1 Å². The van der Waals surface area contributed by atoms with E-state index in [1.54, 1.807) is 18.3 Å². The molecule has 1 aliphatic rings. The van der Waals surface area contributed by atoms with Crippen molar-refractivity contribution in [1.29, 1.82) is 0 Å². The van der Waals surface area contributed by atoms with E-state index >= 15 is 0 Å². The summed E-state index contributed by atoms with van der Waals surface area (Å²) in [6.07, 6.45) is 3.33. The first-order valence-corrected chi connectivity index (χ1v) is 6.71. The van der Waals surface area contributed by atoms with Crippen molar-refractivity contribution in [3.8, 4) is 0 Å². The Morgan fingerprint density at radius 2 is 1.77 bits per heavy atom. The summed E-state index contributed by atoms with van der Waals surface area (Å²) in [5, 5.41) is 3.36. The molecule has 22 heavy (non-hydrogen) atoms. The van der Waals surface area contributed by atoms with Gasteiger partial charge < -0.3 is 10.3 Å². The number of aromatic nitrogens is 1. The van der Waals surface area contributed by atoms with Gasteiger partial charge in [0.15, 0.2) is 0 Å². The van der Waals surface area contributed by atoms with Gasteiger partial charge >= 0.3 is 0 Å². The largest absolute Gasteiger partial charge is 0.361 e. The minimum absolute atomic E-state index is 0.300. The van der Waals surface area contributed by atoms with Gasteiger partial charge in [-0.15, -0.1) is 0 Å². The van der Waals surface area contributed by atoms with Crippen molar-refractivity contribution in [2.45, 2.75) is 0 Å². The monoisotopic (exact) mass is 296 g/mol. The van der Waals surface area contributed by atoms with Crippen LogP contribution in [-0.2, 0) is 4.79 Å².